The lowest BCUT2D eigenvalue weighted by atomic mass is 10.2. The van der Waals surface area contributed by atoms with E-state index in [2.05, 4.69) is 10.0 Å². The number of anilines is 2. The van der Waals surface area contributed by atoms with E-state index in [9.17, 15) is 13.2 Å². The minimum absolute atomic E-state index is 0.0675. The summed E-state index contributed by atoms with van der Waals surface area (Å²) in [6, 6.07) is 19.8. The van der Waals surface area contributed by atoms with E-state index in [0.717, 1.165) is 5.56 Å². The highest BCUT2D eigenvalue weighted by molar-refractivity contribution is 7.92. The molecule has 0 bridgehead atoms. The van der Waals surface area contributed by atoms with E-state index in [1.54, 1.807) is 43.5 Å². The fraction of sp³-hybridized carbons (Fsp3) is 0.0870. The zero-order chi connectivity index (χ0) is 22.3. The lowest BCUT2D eigenvalue weighted by molar-refractivity contribution is -0.111. The molecule has 0 saturated heterocycles. The van der Waals surface area contributed by atoms with Crippen LogP contribution >= 0.6 is 0 Å². The van der Waals surface area contributed by atoms with Crippen molar-refractivity contribution in [1.82, 2.24) is 0 Å². The van der Waals surface area contributed by atoms with E-state index in [1.165, 1.54) is 37.5 Å². The van der Waals surface area contributed by atoms with Crippen LogP contribution in [0.4, 0.5) is 11.4 Å². The number of hydrogen-bond donors (Lipinski definition) is 2. The van der Waals surface area contributed by atoms with Crippen LogP contribution in [0.1, 0.15) is 5.56 Å². The molecule has 8 heteroatoms. The number of rotatable bonds is 8. The maximum Gasteiger partial charge on any atom is 0.261 e. The molecule has 3 aromatic carbocycles. The molecule has 0 unspecified atom stereocenters. The predicted octanol–water partition coefficient (Wildman–Crippen LogP) is 4.16. The molecule has 0 radical (unpaired) electrons. The molecule has 0 aromatic heterocycles. The summed E-state index contributed by atoms with van der Waals surface area (Å²) < 4.78 is 38.0. The Morgan fingerprint density at radius 3 is 2.32 bits per heavy atom. The highest BCUT2D eigenvalue weighted by Crippen LogP contribution is 2.22. The van der Waals surface area contributed by atoms with E-state index >= 15 is 0 Å². The van der Waals surface area contributed by atoms with Crippen LogP contribution < -0.4 is 19.5 Å². The first-order chi connectivity index (χ1) is 14.9. The number of methoxy groups -OCH3 is 2. The summed E-state index contributed by atoms with van der Waals surface area (Å²) in [5.41, 5.74) is 1.62. The highest BCUT2D eigenvalue weighted by atomic mass is 32.2. The smallest absolute Gasteiger partial charge is 0.261 e. The summed E-state index contributed by atoms with van der Waals surface area (Å²) in [5, 5.41) is 2.69. The molecule has 1 amide bonds. The van der Waals surface area contributed by atoms with Gasteiger partial charge in [-0.05, 0) is 48.5 Å². The average molecular weight is 439 g/mol. The van der Waals surface area contributed by atoms with Crippen LogP contribution in [-0.2, 0) is 14.8 Å². The summed E-state index contributed by atoms with van der Waals surface area (Å²) in [4.78, 5) is 12.3. The number of para-hydroxylation sites is 1. The first-order valence-electron chi connectivity index (χ1n) is 9.30. The van der Waals surface area contributed by atoms with Crippen LogP contribution in [0, 0.1) is 0 Å². The number of hydrogen-bond acceptors (Lipinski definition) is 5. The van der Waals surface area contributed by atoms with Gasteiger partial charge in [-0.1, -0.05) is 24.3 Å². The Hall–Kier alpha value is -3.78. The molecule has 0 aliphatic carbocycles. The zero-order valence-corrected chi connectivity index (χ0v) is 17.8. The lowest BCUT2D eigenvalue weighted by Crippen LogP contribution is -2.13. The van der Waals surface area contributed by atoms with Gasteiger partial charge >= 0.3 is 0 Å². The third-order valence-electron chi connectivity index (χ3n) is 4.31. The van der Waals surface area contributed by atoms with Crippen LogP contribution in [0.2, 0.25) is 0 Å². The molecule has 3 aromatic rings. The quantitative estimate of drug-likeness (QED) is 0.515. The maximum atomic E-state index is 12.6. The fourth-order valence-corrected chi connectivity index (χ4v) is 3.82. The van der Waals surface area contributed by atoms with Crippen molar-refractivity contribution in [2.75, 3.05) is 24.3 Å². The first kappa shape index (κ1) is 21.9. The van der Waals surface area contributed by atoms with Crippen LogP contribution in [0.25, 0.3) is 6.08 Å². The number of carbonyl (C=O) groups excluding carboxylic acids is 1. The number of carbonyl (C=O) groups is 1. The van der Waals surface area contributed by atoms with Crippen molar-refractivity contribution in [3.05, 3.63) is 84.4 Å². The predicted molar refractivity (Wildman–Crippen MR) is 121 cm³/mol. The van der Waals surface area contributed by atoms with Gasteiger partial charge in [0.05, 0.1) is 24.8 Å². The van der Waals surface area contributed by atoms with Crippen molar-refractivity contribution in [3.8, 4) is 11.5 Å². The Bertz CT molecular complexity index is 1190. The second-order valence-electron chi connectivity index (χ2n) is 6.43. The number of sulfonamides is 1. The average Bonchev–Trinajstić information content (AvgIpc) is 2.78. The standard InChI is InChI=1S/C23H22N2O5S/c1-29-20-8-5-7-19(16-20)25-31(27,28)21-13-11-18(12-14-21)24-23(26)15-10-17-6-3-4-9-22(17)30-2/h3-16,25H,1-2H3,(H,24,26)/b15-10+. The topological polar surface area (TPSA) is 93.7 Å². The van der Waals surface area contributed by atoms with Gasteiger partial charge in [-0.3, -0.25) is 9.52 Å². The maximum absolute atomic E-state index is 12.6. The molecule has 0 fully saturated rings. The van der Waals surface area contributed by atoms with E-state index in [0.29, 0.717) is 22.9 Å². The summed E-state index contributed by atoms with van der Waals surface area (Å²) in [7, 11) is -0.717. The van der Waals surface area contributed by atoms with Gasteiger partial charge in [-0.25, -0.2) is 8.42 Å². The molecule has 7 nitrogen and oxygen atoms in total. The van der Waals surface area contributed by atoms with E-state index in [4.69, 9.17) is 9.47 Å². The van der Waals surface area contributed by atoms with Crippen LogP contribution in [-0.4, -0.2) is 28.5 Å². The molecule has 0 spiro atoms. The van der Waals surface area contributed by atoms with Gasteiger partial charge in [0.15, 0.2) is 0 Å². The third kappa shape index (κ3) is 5.86. The van der Waals surface area contributed by atoms with Gasteiger partial charge in [0.25, 0.3) is 10.0 Å². The Balaban J connectivity index is 1.66. The molecule has 0 atom stereocenters. The molecule has 0 heterocycles. The summed E-state index contributed by atoms with van der Waals surface area (Å²) in [6.45, 7) is 0. The van der Waals surface area contributed by atoms with Crippen LogP contribution in [0.3, 0.4) is 0 Å². The van der Waals surface area contributed by atoms with Gasteiger partial charge in [-0.15, -0.1) is 0 Å². The fourth-order valence-electron chi connectivity index (χ4n) is 2.77. The van der Waals surface area contributed by atoms with Crippen molar-refractivity contribution in [2.45, 2.75) is 4.90 Å². The summed E-state index contributed by atoms with van der Waals surface area (Å²) >= 11 is 0. The molecule has 160 valence electrons. The number of amides is 1. The van der Waals surface area contributed by atoms with Crippen molar-refractivity contribution in [1.29, 1.82) is 0 Å². The molecule has 31 heavy (non-hydrogen) atoms. The molecular formula is C23H22N2O5S. The van der Waals surface area contributed by atoms with Crippen LogP contribution in [0.15, 0.2) is 83.8 Å². The highest BCUT2D eigenvalue weighted by Gasteiger charge is 2.14. The zero-order valence-electron chi connectivity index (χ0n) is 17.0. The summed E-state index contributed by atoms with van der Waals surface area (Å²) in [5.74, 6) is 0.847. The molecule has 0 saturated carbocycles. The Kier molecular flexibility index (Phi) is 6.94. The third-order valence-corrected chi connectivity index (χ3v) is 5.70. The van der Waals surface area contributed by atoms with Gasteiger partial charge < -0.3 is 14.8 Å². The van der Waals surface area contributed by atoms with E-state index in [1.807, 2.05) is 18.2 Å². The van der Waals surface area contributed by atoms with Crippen molar-refractivity contribution >= 4 is 33.4 Å². The van der Waals surface area contributed by atoms with E-state index < -0.39 is 10.0 Å². The van der Waals surface area contributed by atoms with Gasteiger partial charge in [-0.2, -0.15) is 0 Å². The minimum Gasteiger partial charge on any atom is -0.497 e. The molecular weight excluding hydrogens is 416 g/mol. The monoisotopic (exact) mass is 438 g/mol. The number of ether oxygens (including phenoxy) is 2. The lowest BCUT2D eigenvalue weighted by Gasteiger charge is -2.10. The Morgan fingerprint density at radius 2 is 1.61 bits per heavy atom. The Labute approximate surface area is 181 Å². The molecule has 0 aliphatic heterocycles. The minimum atomic E-state index is -3.78. The van der Waals surface area contributed by atoms with Gasteiger partial charge in [0, 0.05) is 23.4 Å². The first-order valence-corrected chi connectivity index (χ1v) is 10.8. The van der Waals surface area contributed by atoms with Crippen molar-refractivity contribution in [3.63, 3.8) is 0 Å². The summed E-state index contributed by atoms with van der Waals surface area (Å²) in [6.07, 6.45) is 3.03. The second-order valence-corrected chi connectivity index (χ2v) is 8.11. The van der Waals surface area contributed by atoms with Crippen molar-refractivity contribution < 1.29 is 22.7 Å². The van der Waals surface area contributed by atoms with Crippen LogP contribution in [0.5, 0.6) is 11.5 Å². The Morgan fingerprint density at radius 1 is 0.871 bits per heavy atom. The number of benzene rings is 3. The molecule has 3 rings (SSSR count). The largest absolute Gasteiger partial charge is 0.497 e. The molecule has 2 N–H and O–H groups in total. The van der Waals surface area contributed by atoms with E-state index in [-0.39, 0.29) is 10.8 Å². The second kappa shape index (κ2) is 9.82. The van der Waals surface area contributed by atoms with Gasteiger partial charge in [0.1, 0.15) is 11.5 Å². The van der Waals surface area contributed by atoms with Gasteiger partial charge in [0.2, 0.25) is 5.91 Å². The number of nitrogens with one attached hydrogen (secondary N) is 2. The molecule has 0 aliphatic rings. The SMILES string of the molecule is COc1cccc(NS(=O)(=O)c2ccc(NC(=O)/C=C/c3ccccc3OC)cc2)c1. The normalized spacial score (nSPS) is 11.2. The van der Waals surface area contributed by atoms with Crippen molar-refractivity contribution in [2.24, 2.45) is 0 Å².